The molecular weight excluding hydrogens is 485 g/mol. The van der Waals surface area contributed by atoms with Gasteiger partial charge in [0, 0.05) is 29.3 Å². The number of nitrogens with one attached hydrogen (secondary N) is 3. The minimum Gasteiger partial charge on any atom is -0.457 e. The SMILES string of the molecule is O=C(Nc1ccc(Oc2ccc(C(=O)c3ncc[nH]3)cc2)cc1)Nc1ccc(Cl)c(C(F)(F)F)c1. The zero-order valence-electron chi connectivity index (χ0n) is 17.7. The van der Waals surface area contributed by atoms with Crippen LogP contribution in [-0.2, 0) is 6.18 Å². The number of hydrogen-bond donors (Lipinski definition) is 3. The lowest BCUT2D eigenvalue weighted by Crippen LogP contribution is -2.19. The number of benzene rings is 3. The number of nitrogens with zero attached hydrogens (tertiary/aromatic N) is 1. The quantitative estimate of drug-likeness (QED) is 0.255. The summed E-state index contributed by atoms with van der Waals surface area (Å²) >= 11 is 5.58. The number of anilines is 2. The molecule has 178 valence electrons. The Morgan fingerprint density at radius 1 is 0.886 bits per heavy atom. The first-order valence-electron chi connectivity index (χ1n) is 10.1. The van der Waals surface area contributed by atoms with E-state index >= 15 is 0 Å². The van der Waals surface area contributed by atoms with Gasteiger partial charge in [-0.2, -0.15) is 13.2 Å². The van der Waals surface area contributed by atoms with Crippen LogP contribution in [0.4, 0.5) is 29.3 Å². The fourth-order valence-electron chi connectivity index (χ4n) is 3.06. The van der Waals surface area contributed by atoms with E-state index in [9.17, 15) is 22.8 Å². The van der Waals surface area contributed by atoms with Gasteiger partial charge in [-0.3, -0.25) is 4.79 Å². The van der Waals surface area contributed by atoms with E-state index in [0.717, 1.165) is 12.1 Å². The van der Waals surface area contributed by atoms with Gasteiger partial charge in [-0.25, -0.2) is 9.78 Å². The van der Waals surface area contributed by atoms with Crippen LogP contribution in [0.3, 0.4) is 0 Å². The monoisotopic (exact) mass is 500 g/mol. The molecule has 1 aromatic heterocycles. The van der Waals surface area contributed by atoms with Crippen molar-refractivity contribution in [3.63, 3.8) is 0 Å². The minimum atomic E-state index is -4.64. The third-order valence-electron chi connectivity index (χ3n) is 4.71. The summed E-state index contributed by atoms with van der Waals surface area (Å²) in [7, 11) is 0. The second-order valence-corrected chi connectivity index (χ2v) is 7.60. The highest BCUT2D eigenvalue weighted by atomic mass is 35.5. The number of amides is 2. The van der Waals surface area contributed by atoms with E-state index in [4.69, 9.17) is 16.3 Å². The number of carbonyl (C=O) groups excluding carboxylic acids is 2. The van der Waals surface area contributed by atoms with E-state index < -0.39 is 22.8 Å². The molecule has 0 aliphatic rings. The number of aromatic amines is 1. The summed E-state index contributed by atoms with van der Waals surface area (Å²) in [5.41, 5.74) is -0.273. The van der Waals surface area contributed by atoms with Crippen molar-refractivity contribution in [2.75, 3.05) is 10.6 Å². The Labute approximate surface area is 201 Å². The molecule has 3 aromatic carbocycles. The van der Waals surface area contributed by atoms with Crippen molar-refractivity contribution < 1.29 is 27.5 Å². The van der Waals surface area contributed by atoms with E-state index in [2.05, 4.69) is 20.6 Å². The summed E-state index contributed by atoms with van der Waals surface area (Å²) < 4.78 is 44.7. The summed E-state index contributed by atoms with van der Waals surface area (Å²) in [6.45, 7) is 0. The summed E-state index contributed by atoms with van der Waals surface area (Å²) in [6, 6.07) is 15.2. The number of urea groups is 1. The lowest BCUT2D eigenvalue weighted by atomic mass is 10.1. The smallest absolute Gasteiger partial charge is 0.417 e. The molecule has 35 heavy (non-hydrogen) atoms. The number of hydrogen-bond acceptors (Lipinski definition) is 4. The molecular formula is C24H16ClF3N4O3. The third-order valence-corrected chi connectivity index (χ3v) is 5.04. The summed E-state index contributed by atoms with van der Waals surface area (Å²) in [6.07, 6.45) is -1.58. The molecule has 0 spiro atoms. The summed E-state index contributed by atoms with van der Waals surface area (Å²) in [5.74, 6) is 0.947. The normalized spacial score (nSPS) is 11.1. The van der Waals surface area contributed by atoms with Crippen molar-refractivity contribution in [1.29, 1.82) is 0 Å². The van der Waals surface area contributed by atoms with Gasteiger partial charge in [-0.15, -0.1) is 0 Å². The van der Waals surface area contributed by atoms with Crippen LogP contribution < -0.4 is 15.4 Å². The van der Waals surface area contributed by atoms with E-state index in [0.29, 0.717) is 22.7 Å². The highest BCUT2D eigenvalue weighted by Gasteiger charge is 2.33. The molecule has 0 saturated carbocycles. The Kier molecular flexibility index (Phi) is 6.74. The molecule has 2 amide bonds. The number of alkyl halides is 3. The first kappa shape index (κ1) is 23.8. The van der Waals surface area contributed by atoms with E-state index in [1.807, 2.05) is 0 Å². The van der Waals surface area contributed by atoms with Crippen LogP contribution in [0, 0.1) is 0 Å². The largest absolute Gasteiger partial charge is 0.457 e. The van der Waals surface area contributed by atoms with Crippen LogP contribution >= 0.6 is 11.6 Å². The zero-order chi connectivity index (χ0) is 25.0. The predicted octanol–water partition coefficient (Wildman–Crippen LogP) is 6.75. The number of ketones is 1. The molecule has 0 fully saturated rings. The van der Waals surface area contributed by atoms with Crippen LogP contribution in [0.25, 0.3) is 0 Å². The van der Waals surface area contributed by atoms with Gasteiger partial charge in [0.25, 0.3) is 0 Å². The van der Waals surface area contributed by atoms with Gasteiger partial charge < -0.3 is 20.4 Å². The van der Waals surface area contributed by atoms with Gasteiger partial charge in [-0.05, 0) is 66.7 Å². The molecule has 7 nitrogen and oxygen atoms in total. The highest BCUT2D eigenvalue weighted by Crippen LogP contribution is 2.36. The predicted molar refractivity (Wildman–Crippen MR) is 124 cm³/mol. The van der Waals surface area contributed by atoms with E-state index in [1.54, 1.807) is 54.7 Å². The van der Waals surface area contributed by atoms with Crippen LogP contribution in [-0.4, -0.2) is 21.8 Å². The van der Waals surface area contributed by atoms with E-state index in [1.165, 1.54) is 12.3 Å². The number of imidazole rings is 1. The average Bonchev–Trinajstić information content (AvgIpc) is 3.36. The Morgan fingerprint density at radius 2 is 1.49 bits per heavy atom. The minimum absolute atomic E-state index is 0.0619. The third kappa shape index (κ3) is 5.98. The number of rotatable bonds is 6. The molecule has 0 radical (unpaired) electrons. The number of halogens is 4. The Hall–Kier alpha value is -4.31. The molecule has 4 rings (SSSR count). The maximum Gasteiger partial charge on any atom is 0.417 e. The molecule has 0 saturated heterocycles. The first-order chi connectivity index (χ1) is 16.7. The topological polar surface area (TPSA) is 96.1 Å². The second-order valence-electron chi connectivity index (χ2n) is 7.19. The fraction of sp³-hybridized carbons (Fsp3) is 0.0417. The molecule has 3 N–H and O–H groups in total. The van der Waals surface area contributed by atoms with Crippen molar-refractivity contribution in [2.24, 2.45) is 0 Å². The standard InChI is InChI=1S/C24H16ClF3N4O3/c25-20-10-5-16(13-19(20)24(26,27)28)32-23(34)31-15-3-8-18(9-4-15)35-17-6-1-14(2-7-17)21(33)22-29-11-12-30-22/h1-13H,(H,29,30)(H2,31,32,34). The van der Waals surface area contributed by atoms with Gasteiger partial charge in [0.15, 0.2) is 5.82 Å². The Balaban J connectivity index is 1.34. The molecule has 11 heteroatoms. The van der Waals surface area contributed by atoms with Gasteiger partial charge in [0.1, 0.15) is 11.5 Å². The van der Waals surface area contributed by atoms with Gasteiger partial charge in [0.2, 0.25) is 5.78 Å². The van der Waals surface area contributed by atoms with Crippen LogP contribution in [0.2, 0.25) is 5.02 Å². The molecule has 1 heterocycles. The number of aromatic nitrogens is 2. The van der Waals surface area contributed by atoms with Crippen LogP contribution in [0.15, 0.2) is 79.1 Å². The number of ether oxygens (including phenoxy) is 1. The summed E-state index contributed by atoms with van der Waals surface area (Å²) in [5, 5.41) is 4.40. The van der Waals surface area contributed by atoms with E-state index in [-0.39, 0.29) is 17.3 Å². The number of H-pyrrole nitrogens is 1. The van der Waals surface area contributed by atoms with Gasteiger partial charge in [0.05, 0.1) is 10.6 Å². The van der Waals surface area contributed by atoms with Crippen molar-refractivity contribution in [1.82, 2.24) is 9.97 Å². The Bertz CT molecular complexity index is 1340. The first-order valence-corrected chi connectivity index (χ1v) is 10.4. The van der Waals surface area contributed by atoms with Crippen molar-refractivity contribution in [3.8, 4) is 11.5 Å². The zero-order valence-corrected chi connectivity index (χ0v) is 18.4. The molecule has 4 aromatic rings. The lowest BCUT2D eigenvalue weighted by Gasteiger charge is -2.12. The van der Waals surface area contributed by atoms with Crippen molar-refractivity contribution in [2.45, 2.75) is 6.18 Å². The summed E-state index contributed by atoms with van der Waals surface area (Å²) in [4.78, 5) is 31.1. The lowest BCUT2D eigenvalue weighted by molar-refractivity contribution is -0.137. The maximum atomic E-state index is 13.0. The molecule has 0 aliphatic carbocycles. The molecule has 0 aliphatic heterocycles. The maximum absolute atomic E-state index is 13.0. The van der Waals surface area contributed by atoms with Crippen molar-refractivity contribution in [3.05, 3.63) is 101 Å². The number of carbonyl (C=O) groups is 2. The highest BCUT2D eigenvalue weighted by molar-refractivity contribution is 6.31. The molecule has 0 bridgehead atoms. The second kappa shape index (κ2) is 9.90. The Morgan fingerprint density at radius 3 is 2.09 bits per heavy atom. The average molecular weight is 501 g/mol. The van der Waals surface area contributed by atoms with Gasteiger partial charge in [-0.1, -0.05) is 11.6 Å². The molecule has 0 unspecified atom stereocenters. The fourth-order valence-corrected chi connectivity index (χ4v) is 3.28. The van der Waals surface area contributed by atoms with Gasteiger partial charge >= 0.3 is 12.2 Å². The van der Waals surface area contributed by atoms with Crippen molar-refractivity contribution >= 4 is 34.8 Å². The van der Waals surface area contributed by atoms with Crippen LogP contribution in [0.1, 0.15) is 21.7 Å². The van der Waals surface area contributed by atoms with Crippen LogP contribution in [0.5, 0.6) is 11.5 Å². The molecule has 0 atom stereocenters.